The van der Waals surface area contributed by atoms with Gasteiger partial charge in [-0.15, -0.1) is 0 Å². The van der Waals surface area contributed by atoms with E-state index in [0.29, 0.717) is 5.82 Å². The number of nitrogen functional groups attached to an aromatic ring is 1. The third kappa shape index (κ3) is 1.48. The van der Waals surface area contributed by atoms with E-state index in [1.54, 1.807) is 24.0 Å². The number of hydrogen-bond donors (Lipinski definition) is 3. The van der Waals surface area contributed by atoms with Crippen LogP contribution in [0.5, 0.6) is 11.5 Å². The smallest absolute Gasteiger partial charge is 0.158 e. The van der Waals surface area contributed by atoms with E-state index in [2.05, 4.69) is 5.10 Å². The Morgan fingerprint density at radius 2 is 2.00 bits per heavy atom. The Kier molecular flexibility index (Phi) is 2.00. The first kappa shape index (κ1) is 9.39. The van der Waals surface area contributed by atoms with E-state index in [0.717, 1.165) is 11.1 Å². The third-order valence-corrected chi connectivity index (χ3v) is 2.27. The van der Waals surface area contributed by atoms with Gasteiger partial charge in [-0.25, -0.2) is 0 Å². The molecule has 0 bridgehead atoms. The molecule has 1 heterocycles. The molecule has 5 nitrogen and oxygen atoms in total. The van der Waals surface area contributed by atoms with Gasteiger partial charge in [0.1, 0.15) is 5.82 Å². The summed E-state index contributed by atoms with van der Waals surface area (Å²) in [6.07, 6.45) is 1.61. The van der Waals surface area contributed by atoms with Crippen molar-refractivity contribution < 1.29 is 10.2 Å². The van der Waals surface area contributed by atoms with E-state index >= 15 is 0 Å². The first-order valence-electron chi connectivity index (χ1n) is 4.39. The van der Waals surface area contributed by atoms with Crippen LogP contribution >= 0.6 is 0 Å². The van der Waals surface area contributed by atoms with Crippen LogP contribution in [-0.4, -0.2) is 20.0 Å². The average molecular weight is 205 g/mol. The molecule has 1 aromatic heterocycles. The maximum atomic E-state index is 9.34. The highest BCUT2D eigenvalue weighted by atomic mass is 16.3. The van der Waals surface area contributed by atoms with Crippen LogP contribution in [0.3, 0.4) is 0 Å². The van der Waals surface area contributed by atoms with E-state index < -0.39 is 0 Å². The Morgan fingerprint density at radius 3 is 2.53 bits per heavy atom. The normalized spacial score (nSPS) is 10.5. The summed E-state index contributed by atoms with van der Waals surface area (Å²) in [5, 5.41) is 22.5. The van der Waals surface area contributed by atoms with Crippen LogP contribution in [0.25, 0.3) is 11.1 Å². The van der Waals surface area contributed by atoms with Gasteiger partial charge in [0.15, 0.2) is 11.5 Å². The largest absolute Gasteiger partial charge is 0.504 e. The minimum absolute atomic E-state index is 0.152. The quantitative estimate of drug-likeness (QED) is 0.608. The predicted molar refractivity (Wildman–Crippen MR) is 56.4 cm³/mol. The van der Waals surface area contributed by atoms with E-state index in [9.17, 15) is 5.11 Å². The molecule has 0 amide bonds. The Balaban J connectivity index is 2.55. The topological polar surface area (TPSA) is 84.3 Å². The molecule has 0 radical (unpaired) electrons. The summed E-state index contributed by atoms with van der Waals surface area (Å²) in [4.78, 5) is 0. The lowest BCUT2D eigenvalue weighted by atomic mass is 10.1. The number of aryl methyl sites for hydroxylation is 1. The summed E-state index contributed by atoms with van der Waals surface area (Å²) in [5.74, 6) is 0.192. The number of nitrogens with two attached hydrogens (primary N) is 1. The summed E-state index contributed by atoms with van der Waals surface area (Å²) in [7, 11) is 1.74. The van der Waals surface area contributed by atoms with Gasteiger partial charge in [0, 0.05) is 12.6 Å². The highest BCUT2D eigenvalue weighted by Crippen LogP contribution is 2.32. The summed E-state index contributed by atoms with van der Waals surface area (Å²) in [5.41, 5.74) is 7.23. The van der Waals surface area contributed by atoms with Gasteiger partial charge in [-0.3, -0.25) is 4.68 Å². The van der Waals surface area contributed by atoms with Crippen molar-refractivity contribution >= 4 is 5.82 Å². The molecular weight excluding hydrogens is 194 g/mol. The second-order valence-corrected chi connectivity index (χ2v) is 3.27. The molecule has 4 N–H and O–H groups in total. The molecule has 2 aromatic rings. The molecule has 0 atom stereocenters. The molecule has 0 unspecified atom stereocenters. The second kappa shape index (κ2) is 3.20. The second-order valence-electron chi connectivity index (χ2n) is 3.27. The fraction of sp³-hybridized carbons (Fsp3) is 0.100. The molecule has 2 rings (SSSR count). The van der Waals surface area contributed by atoms with Gasteiger partial charge in [0.25, 0.3) is 0 Å². The first-order valence-corrected chi connectivity index (χ1v) is 4.39. The average Bonchev–Trinajstić information content (AvgIpc) is 2.53. The van der Waals surface area contributed by atoms with Crippen molar-refractivity contribution in [3.05, 3.63) is 24.4 Å². The predicted octanol–water partition coefficient (Wildman–Crippen LogP) is 1.08. The van der Waals surface area contributed by atoms with Crippen molar-refractivity contribution in [3.63, 3.8) is 0 Å². The molecule has 1 aromatic carbocycles. The maximum Gasteiger partial charge on any atom is 0.158 e. The molecule has 0 saturated heterocycles. The molecule has 5 heteroatoms. The van der Waals surface area contributed by atoms with Crippen LogP contribution in [-0.2, 0) is 7.05 Å². The van der Waals surface area contributed by atoms with E-state index in [1.165, 1.54) is 12.1 Å². The van der Waals surface area contributed by atoms with Crippen molar-refractivity contribution in [2.24, 2.45) is 7.05 Å². The summed E-state index contributed by atoms with van der Waals surface area (Å²) in [6.45, 7) is 0. The Hall–Kier alpha value is -2.17. The zero-order valence-corrected chi connectivity index (χ0v) is 8.18. The van der Waals surface area contributed by atoms with Gasteiger partial charge < -0.3 is 15.9 Å². The monoisotopic (exact) mass is 205 g/mol. The Labute approximate surface area is 86.4 Å². The van der Waals surface area contributed by atoms with Crippen LogP contribution in [0.1, 0.15) is 0 Å². The Bertz CT molecular complexity index is 505. The van der Waals surface area contributed by atoms with Crippen molar-refractivity contribution in [2.75, 3.05) is 5.73 Å². The highest BCUT2D eigenvalue weighted by molar-refractivity contribution is 5.75. The molecule has 0 aliphatic rings. The number of phenolic OH excluding ortho intramolecular Hbond substituents is 2. The van der Waals surface area contributed by atoms with Gasteiger partial charge in [0.2, 0.25) is 0 Å². The number of phenols is 2. The highest BCUT2D eigenvalue weighted by Gasteiger charge is 2.09. The molecule has 0 aliphatic carbocycles. The SMILES string of the molecule is Cn1ncc(-c2ccc(O)c(O)c2)c1N. The summed E-state index contributed by atoms with van der Waals surface area (Å²) >= 11 is 0. The third-order valence-electron chi connectivity index (χ3n) is 2.27. The summed E-state index contributed by atoms with van der Waals surface area (Å²) < 4.78 is 1.54. The number of anilines is 1. The minimum Gasteiger partial charge on any atom is -0.504 e. The van der Waals surface area contributed by atoms with Gasteiger partial charge in [-0.05, 0) is 17.7 Å². The molecule has 15 heavy (non-hydrogen) atoms. The number of aromatic nitrogens is 2. The zero-order valence-electron chi connectivity index (χ0n) is 8.18. The lowest BCUT2D eigenvalue weighted by Crippen LogP contribution is -1.97. The van der Waals surface area contributed by atoms with Crippen molar-refractivity contribution in [1.82, 2.24) is 9.78 Å². The molecule has 0 saturated carbocycles. The van der Waals surface area contributed by atoms with Crippen LogP contribution in [0.4, 0.5) is 5.82 Å². The lowest BCUT2D eigenvalue weighted by Gasteiger charge is -2.02. The van der Waals surface area contributed by atoms with Crippen LogP contribution in [0.2, 0.25) is 0 Å². The zero-order chi connectivity index (χ0) is 11.0. The van der Waals surface area contributed by atoms with Crippen LogP contribution < -0.4 is 5.73 Å². The molecular formula is C10H11N3O2. The van der Waals surface area contributed by atoms with Gasteiger partial charge in [-0.1, -0.05) is 6.07 Å². The number of aromatic hydroxyl groups is 2. The number of hydrogen-bond acceptors (Lipinski definition) is 4. The van der Waals surface area contributed by atoms with E-state index in [4.69, 9.17) is 10.8 Å². The molecule has 78 valence electrons. The molecule has 0 spiro atoms. The van der Waals surface area contributed by atoms with E-state index in [-0.39, 0.29) is 11.5 Å². The molecule has 0 aliphatic heterocycles. The first-order chi connectivity index (χ1) is 7.09. The number of nitrogens with zero attached hydrogens (tertiary/aromatic N) is 2. The van der Waals surface area contributed by atoms with Crippen molar-refractivity contribution in [2.45, 2.75) is 0 Å². The van der Waals surface area contributed by atoms with Gasteiger partial charge in [-0.2, -0.15) is 5.10 Å². The van der Waals surface area contributed by atoms with Crippen molar-refractivity contribution in [3.8, 4) is 22.6 Å². The number of benzene rings is 1. The maximum absolute atomic E-state index is 9.34. The van der Waals surface area contributed by atoms with E-state index in [1.807, 2.05) is 0 Å². The minimum atomic E-state index is -0.171. The standard InChI is InChI=1S/C10H11N3O2/c1-13-10(11)7(5-12-13)6-2-3-8(14)9(15)4-6/h2-5,14-15H,11H2,1H3. The Morgan fingerprint density at radius 1 is 1.27 bits per heavy atom. The van der Waals surface area contributed by atoms with Gasteiger partial charge >= 0.3 is 0 Å². The van der Waals surface area contributed by atoms with Gasteiger partial charge in [0.05, 0.1) is 6.20 Å². The fourth-order valence-electron chi connectivity index (χ4n) is 1.36. The molecule has 0 fully saturated rings. The van der Waals surface area contributed by atoms with Crippen LogP contribution in [0.15, 0.2) is 24.4 Å². The fourth-order valence-corrected chi connectivity index (χ4v) is 1.36. The lowest BCUT2D eigenvalue weighted by molar-refractivity contribution is 0.404. The number of rotatable bonds is 1. The van der Waals surface area contributed by atoms with Crippen LogP contribution in [0, 0.1) is 0 Å². The summed E-state index contributed by atoms with van der Waals surface area (Å²) in [6, 6.07) is 4.53. The van der Waals surface area contributed by atoms with Crippen molar-refractivity contribution in [1.29, 1.82) is 0 Å².